The summed E-state index contributed by atoms with van der Waals surface area (Å²) in [6, 6.07) is 3.51. The average Bonchev–Trinajstić information content (AvgIpc) is 3.26. The lowest BCUT2D eigenvalue weighted by Crippen LogP contribution is -2.09. The number of rotatable bonds is 8. The van der Waals surface area contributed by atoms with Crippen molar-refractivity contribution in [2.24, 2.45) is 5.92 Å². The molecule has 1 aliphatic rings. The Morgan fingerprint density at radius 1 is 1.33 bits per heavy atom. The fraction of sp³-hybridized carbons (Fsp3) is 0.611. The molecule has 2 aromatic rings. The summed E-state index contributed by atoms with van der Waals surface area (Å²) in [6.07, 6.45) is 11.1. The minimum absolute atomic E-state index is 0.0183. The highest BCUT2D eigenvalue weighted by molar-refractivity contribution is 5.67. The monoisotopic (exact) mass is 332 g/mol. The number of hydrogen-bond acceptors (Lipinski definition) is 5. The van der Waals surface area contributed by atoms with Crippen molar-refractivity contribution >= 4 is 5.97 Å². The lowest BCUT2D eigenvalue weighted by atomic mass is 9.84. The zero-order valence-corrected chi connectivity index (χ0v) is 13.8. The fourth-order valence-electron chi connectivity index (χ4n) is 3.56. The third-order valence-electron chi connectivity index (χ3n) is 4.84. The SMILES string of the molecule is O=C(O)C[C@@H](CCCC1CCCCC1)c1nc(-c2ccco2)no1. The second kappa shape index (κ2) is 8.13. The molecular formula is C18H24N2O4. The Balaban J connectivity index is 1.59. The molecule has 1 saturated carbocycles. The van der Waals surface area contributed by atoms with Gasteiger partial charge in [0.15, 0.2) is 5.76 Å². The van der Waals surface area contributed by atoms with Gasteiger partial charge in [-0.1, -0.05) is 50.1 Å². The predicted octanol–water partition coefficient (Wildman–Crippen LogP) is 4.64. The van der Waals surface area contributed by atoms with Crippen molar-refractivity contribution < 1.29 is 18.8 Å². The van der Waals surface area contributed by atoms with E-state index < -0.39 is 5.97 Å². The van der Waals surface area contributed by atoms with E-state index in [0.717, 1.165) is 25.2 Å². The summed E-state index contributed by atoms with van der Waals surface area (Å²) < 4.78 is 10.6. The molecule has 0 spiro atoms. The highest BCUT2D eigenvalue weighted by atomic mass is 16.5. The summed E-state index contributed by atoms with van der Waals surface area (Å²) >= 11 is 0. The number of carboxylic acid groups (broad SMARTS) is 1. The minimum atomic E-state index is -0.838. The lowest BCUT2D eigenvalue weighted by molar-refractivity contribution is -0.137. The number of nitrogens with zero attached hydrogens (tertiary/aromatic N) is 2. The van der Waals surface area contributed by atoms with E-state index in [1.165, 1.54) is 32.1 Å². The first-order valence-electron chi connectivity index (χ1n) is 8.81. The van der Waals surface area contributed by atoms with Crippen LogP contribution in [0.4, 0.5) is 0 Å². The van der Waals surface area contributed by atoms with Crippen molar-refractivity contribution in [1.82, 2.24) is 10.1 Å². The lowest BCUT2D eigenvalue weighted by Gasteiger charge is -2.21. The standard InChI is InChI=1S/C18H24N2O4/c21-16(22)12-14(9-4-8-13-6-2-1-3-7-13)18-19-17(20-24-18)15-10-5-11-23-15/h5,10-11,13-14H,1-4,6-9,12H2,(H,21,22)/t14-/m1/s1. The molecule has 0 unspecified atom stereocenters. The maximum atomic E-state index is 11.2. The summed E-state index contributed by atoms with van der Waals surface area (Å²) in [4.78, 5) is 15.5. The van der Waals surface area contributed by atoms with Crippen LogP contribution in [0.25, 0.3) is 11.6 Å². The summed E-state index contributed by atoms with van der Waals surface area (Å²) in [5, 5.41) is 13.1. The Kier molecular flexibility index (Phi) is 5.67. The summed E-state index contributed by atoms with van der Waals surface area (Å²) in [7, 11) is 0. The van der Waals surface area contributed by atoms with Gasteiger partial charge in [0.25, 0.3) is 0 Å². The van der Waals surface area contributed by atoms with Crippen LogP contribution in [0.15, 0.2) is 27.3 Å². The van der Waals surface area contributed by atoms with Gasteiger partial charge in [0.05, 0.1) is 12.7 Å². The van der Waals surface area contributed by atoms with E-state index >= 15 is 0 Å². The quantitative estimate of drug-likeness (QED) is 0.757. The van der Waals surface area contributed by atoms with Gasteiger partial charge in [-0.05, 0) is 24.5 Å². The van der Waals surface area contributed by atoms with E-state index in [4.69, 9.17) is 8.94 Å². The highest BCUT2D eigenvalue weighted by Gasteiger charge is 2.24. The summed E-state index contributed by atoms with van der Waals surface area (Å²) in [5.74, 6) is 1.02. The Morgan fingerprint density at radius 3 is 2.88 bits per heavy atom. The smallest absolute Gasteiger partial charge is 0.304 e. The second-order valence-electron chi connectivity index (χ2n) is 6.66. The number of carboxylic acids is 1. The Morgan fingerprint density at radius 2 is 2.17 bits per heavy atom. The molecule has 0 aliphatic heterocycles. The Bertz CT molecular complexity index is 629. The molecule has 2 heterocycles. The van der Waals surface area contributed by atoms with Gasteiger partial charge < -0.3 is 14.0 Å². The normalized spacial score (nSPS) is 17.0. The maximum absolute atomic E-state index is 11.2. The first kappa shape index (κ1) is 16.7. The van der Waals surface area contributed by atoms with Crippen LogP contribution in [0.1, 0.15) is 69.6 Å². The largest absolute Gasteiger partial charge is 0.481 e. The second-order valence-corrected chi connectivity index (χ2v) is 6.66. The highest BCUT2D eigenvalue weighted by Crippen LogP contribution is 2.31. The van der Waals surface area contributed by atoms with Crippen LogP contribution < -0.4 is 0 Å². The van der Waals surface area contributed by atoms with Gasteiger partial charge in [-0.25, -0.2) is 0 Å². The molecular weight excluding hydrogens is 308 g/mol. The van der Waals surface area contributed by atoms with Crippen molar-refractivity contribution in [3.63, 3.8) is 0 Å². The summed E-state index contributed by atoms with van der Waals surface area (Å²) in [5.41, 5.74) is 0. The fourth-order valence-corrected chi connectivity index (χ4v) is 3.56. The number of furan rings is 1. The molecule has 130 valence electrons. The molecule has 0 aromatic carbocycles. The molecule has 1 fully saturated rings. The topological polar surface area (TPSA) is 89.4 Å². The molecule has 1 N–H and O–H groups in total. The molecule has 0 amide bonds. The van der Waals surface area contributed by atoms with Crippen LogP contribution in [-0.4, -0.2) is 21.2 Å². The van der Waals surface area contributed by atoms with Gasteiger partial charge in [0, 0.05) is 5.92 Å². The Hall–Kier alpha value is -2.11. The van der Waals surface area contributed by atoms with Crippen molar-refractivity contribution in [2.45, 2.75) is 63.7 Å². The summed E-state index contributed by atoms with van der Waals surface area (Å²) in [6.45, 7) is 0. The van der Waals surface area contributed by atoms with Crippen LogP contribution in [0.3, 0.4) is 0 Å². The number of aromatic nitrogens is 2. The molecule has 3 rings (SSSR count). The van der Waals surface area contributed by atoms with E-state index in [1.54, 1.807) is 18.4 Å². The molecule has 0 radical (unpaired) electrons. The van der Waals surface area contributed by atoms with Crippen LogP contribution in [0.5, 0.6) is 0 Å². The van der Waals surface area contributed by atoms with Crippen LogP contribution in [0, 0.1) is 5.92 Å². The number of carbonyl (C=O) groups is 1. The van der Waals surface area contributed by atoms with Crippen LogP contribution in [0.2, 0.25) is 0 Å². The van der Waals surface area contributed by atoms with Gasteiger partial charge in [-0.2, -0.15) is 4.98 Å². The average molecular weight is 332 g/mol. The van der Waals surface area contributed by atoms with Crippen LogP contribution >= 0.6 is 0 Å². The maximum Gasteiger partial charge on any atom is 0.304 e. The van der Waals surface area contributed by atoms with Gasteiger partial charge in [-0.3, -0.25) is 4.79 Å². The van der Waals surface area contributed by atoms with Crippen molar-refractivity contribution in [1.29, 1.82) is 0 Å². The van der Waals surface area contributed by atoms with E-state index in [2.05, 4.69) is 10.1 Å². The van der Waals surface area contributed by atoms with Crippen molar-refractivity contribution in [2.75, 3.05) is 0 Å². The molecule has 24 heavy (non-hydrogen) atoms. The number of aliphatic carboxylic acids is 1. The third-order valence-corrected chi connectivity index (χ3v) is 4.84. The minimum Gasteiger partial charge on any atom is -0.481 e. The molecule has 6 heteroatoms. The van der Waals surface area contributed by atoms with E-state index in [9.17, 15) is 9.90 Å². The Labute approximate surface area is 141 Å². The van der Waals surface area contributed by atoms with Gasteiger partial charge in [-0.15, -0.1) is 0 Å². The van der Waals surface area contributed by atoms with Crippen molar-refractivity contribution in [3.8, 4) is 11.6 Å². The zero-order chi connectivity index (χ0) is 16.8. The van der Waals surface area contributed by atoms with E-state index in [0.29, 0.717) is 17.5 Å². The first-order chi connectivity index (χ1) is 11.7. The zero-order valence-electron chi connectivity index (χ0n) is 13.8. The van der Waals surface area contributed by atoms with Crippen LogP contribution in [-0.2, 0) is 4.79 Å². The first-order valence-corrected chi connectivity index (χ1v) is 8.81. The molecule has 0 saturated heterocycles. The van der Waals surface area contributed by atoms with E-state index in [1.807, 2.05) is 0 Å². The number of hydrogen-bond donors (Lipinski definition) is 1. The molecule has 0 bridgehead atoms. The molecule has 1 atom stereocenters. The van der Waals surface area contributed by atoms with E-state index in [-0.39, 0.29) is 12.3 Å². The van der Waals surface area contributed by atoms with Crippen molar-refractivity contribution in [3.05, 3.63) is 24.3 Å². The van der Waals surface area contributed by atoms with Gasteiger partial charge >= 0.3 is 5.97 Å². The third kappa shape index (κ3) is 4.46. The molecule has 1 aliphatic carbocycles. The predicted molar refractivity (Wildman–Crippen MR) is 87.4 cm³/mol. The van der Waals surface area contributed by atoms with Gasteiger partial charge in [0.1, 0.15) is 0 Å². The van der Waals surface area contributed by atoms with Gasteiger partial charge in [0.2, 0.25) is 11.7 Å². The molecule has 6 nitrogen and oxygen atoms in total. The molecule has 2 aromatic heterocycles.